The van der Waals surface area contributed by atoms with E-state index in [1.807, 2.05) is 0 Å². The molecule has 0 aromatic heterocycles. The van der Waals surface area contributed by atoms with Gasteiger partial charge in [-0.3, -0.25) is 4.79 Å². The van der Waals surface area contributed by atoms with Crippen LogP contribution in [0.15, 0.2) is 0 Å². The first-order valence-electron chi connectivity index (χ1n) is 13.7. The van der Waals surface area contributed by atoms with E-state index in [0.29, 0.717) is 6.42 Å². The van der Waals surface area contributed by atoms with E-state index >= 15 is 0 Å². The average molecular weight is 637 g/mol. The van der Waals surface area contributed by atoms with Gasteiger partial charge in [-0.2, -0.15) is 0 Å². The molecule has 222 valence electrons. The standard InChI is InChI=1S/C33H37O8P.2Na/c1-3-5-7-9-11-13-15-16-18-19-21-23-25-27-32(34)39-29-31(30-40-42(36,37)38)41-33(35)28-26-24-22-20-17-14-12-10-8-6-4-2;;/h31H,4,6,8,10,12,14,17,20,22,24,26,28-30H2,1-2H3,(H2,36,37,38);;/q;2*+1/p-2/t31-;;/m1../s1. The minimum absolute atomic E-state index is 0. The Labute approximate surface area is 307 Å². The predicted octanol–water partition coefficient (Wildman–Crippen LogP) is -2.96. The first-order valence-corrected chi connectivity index (χ1v) is 15.2. The monoisotopic (exact) mass is 636 g/mol. The summed E-state index contributed by atoms with van der Waals surface area (Å²) in [5.41, 5.74) is 0. The van der Waals surface area contributed by atoms with Gasteiger partial charge >= 0.3 is 71.1 Å². The van der Waals surface area contributed by atoms with Gasteiger partial charge in [-0.1, -0.05) is 77.1 Å². The van der Waals surface area contributed by atoms with Gasteiger partial charge in [0.15, 0.2) is 6.10 Å². The van der Waals surface area contributed by atoms with Crippen LogP contribution in [0, 0.1) is 82.9 Å². The van der Waals surface area contributed by atoms with Crippen molar-refractivity contribution in [3.8, 4) is 82.9 Å². The van der Waals surface area contributed by atoms with E-state index in [1.54, 1.807) is 6.92 Å². The number of carbonyl (C=O) groups is 2. The fraction of sp³-hybridized carbons (Fsp3) is 0.515. The number of unbranched alkanes of at least 4 members (excludes halogenated alkanes) is 10. The van der Waals surface area contributed by atoms with Crippen molar-refractivity contribution >= 4 is 19.8 Å². The molecule has 0 saturated heterocycles. The molecule has 0 N–H and O–H groups in total. The van der Waals surface area contributed by atoms with Crippen molar-refractivity contribution in [2.24, 2.45) is 0 Å². The number of ether oxygens (including phenoxy) is 2. The van der Waals surface area contributed by atoms with Crippen molar-refractivity contribution in [1.29, 1.82) is 0 Å². The Balaban J connectivity index is -0.00000840. The quantitative estimate of drug-likeness (QED) is 0.0391. The molecule has 0 aromatic rings. The Morgan fingerprint density at radius 2 is 1.09 bits per heavy atom. The van der Waals surface area contributed by atoms with Crippen LogP contribution >= 0.6 is 7.82 Å². The molecule has 8 nitrogen and oxygen atoms in total. The summed E-state index contributed by atoms with van der Waals surface area (Å²) in [5, 5.41) is 0. The SMILES string of the molecule is CC#CC#CC#CC#CC#CC#CC#CC(=O)OC[C@H](COP(=O)([O-])[O-])OC(=O)CCCCCCCCCCCCC.[Na+].[Na+]. The number of rotatable bonds is 18. The topological polar surface area (TPSA) is 125 Å². The van der Waals surface area contributed by atoms with Gasteiger partial charge in [-0.25, -0.2) is 4.79 Å². The molecule has 0 aliphatic rings. The van der Waals surface area contributed by atoms with E-state index in [9.17, 15) is 23.9 Å². The summed E-state index contributed by atoms with van der Waals surface area (Å²) in [6.07, 6.45) is 11.1. The van der Waals surface area contributed by atoms with Crippen LogP contribution in [-0.4, -0.2) is 31.3 Å². The molecule has 1 atom stereocenters. The van der Waals surface area contributed by atoms with Gasteiger partial charge in [0, 0.05) is 12.3 Å². The Kier molecular flexibility index (Phi) is 35.7. The molecule has 0 spiro atoms. The summed E-state index contributed by atoms with van der Waals surface area (Å²) in [7, 11) is -5.32. The normalized spacial score (nSPS) is 9.27. The zero-order chi connectivity index (χ0) is 31.2. The number of phosphoric ester groups is 1. The van der Waals surface area contributed by atoms with Crippen molar-refractivity contribution in [3.05, 3.63) is 0 Å². The second-order valence-electron chi connectivity index (χ2n) is 8.61. The Morgan fingerprint density at radius 1 is 0.659 bits per heavy atom. The van der Waals surface area contributed by atoms with Crippen molar-refractivity contribution < 1.29 is 97.1 Å². The van der Waals surface area contributed by atoms with Crippen molar-refractivity contribution in [1.82, 2.24) is 0 Å². The van der Waals surface area contributed by atoms with Crippen LogP contribution in [0.25, 0.3) is 0 Å². The third kappa shape index (κ3) is 36.2. The molecule has 0 unspecified atom stereocenters. The van der Waals surface area contributed by atoms with Crippen LogP contribution in [0.1, 0.15) is 90.9 Å². The molecule has 44 heavy (non-hydrogen) atoms. The Morgan fingerprint density at radius 3 is 1.55 bits per heavy atom. The number of hydrogen-bond acceptors (Lipinski definition) is 8. The van der Waals surface area contributed by atoms with Crippen molar-refractivity contribution in [2.75, 3.05) is 13.2 Å². The number of esters is 2. The van der Waals surface area contributed by atoms with Gasteiger partial charge in [-0.05, 0) is 84.4 Å². The van der Waals surface area contributed by atoms with Gasteiger partial charge in [0.1, 0.15) is 6.61 Å². The molecular formula is C33H35Na2O8P. The summed E-state index contributed by atoms with van der Waals surface area (Å²) in [6.45, 7) is 2.52. The third-order valence-electron chi connectivity index (χ3n) is 5.08. The van der Waals surface area contributed by atoms with Crippen molar-refractivity contribution in [3.63, 3.8) is 0 Å². The Bertz CT molecular complexity index is 1340. The van der Waals surface area contributed by atoms with E-state index in [0.717, 1.165) is 19.3 Å². The zero-order valence-corrected chi connectivity index (χ0v) is 31.1. The zero-order valence-electron chi connectivity index (χ0n) is 26.2. The van der Waals surface area contributed by atoms with Crippen LogP contribution in [-0.2, 0) is 28.2 Å². The van der Waals surface area contributed by atoms with E-state index in [4.69, 9.17) is 9.47 Å². The van der Waals surface area contributed by atoms with Gasteiger partial charge in [0.2, 0.25) is 0 Å². The van der Waals surface area contributed by atoms with Crippen LogP contribution in [0.4, 0.5) is 0 Å². The maximum absolute atomic E-state index is 12.2. The molecule has 0 heterocycles. The second kappa shape index (κ2) is 33.9. The molecule has 0 radical (unpaired) electrons. The molecule has 0 bridgehead atoms. The summed E-state index contributed by atoms with van der Waals surface area (Å²) < 4.78 is 25.0. The van der Waals surface area contributed by atoms with Gasteiger partial charge < -0.3 is 28.3 Å². The van der Waals surface area contributed by atoms with E-state index in [2.05, 4.69) is 94.3 Å². The summed E-state index contributed by atoms with van der Waals surface area (Å²) >= 11 is 0. The summed E-state index contributed by atoms with van der Waals surface area (Å²) in [6, 6.07) is 0. The van der Waals surface area contributed by atoms with Crippen LogP contribution in [0.2, 0.25) is 0 Å². The van der Waals surface area contributed by atoms with E-state index < -0.39 is 39.1 Å². The minimum Gasteiger partial charge on any atom is -0.790 e. The molecular weight excluding hydrogens is 601 g/mol. The molecule has 0 aliphatic carbocycles. The second-order valence-corrected chi connectivity index (χ2v) is 9.77. The molecule has 11 heteroatoms. The van der Waals surface area contributed by atoms with Crippen LogP contribution < -0.4 is 68.9 Å². The predicted molar refractivity (Wildman–Crippen MR) is 156 cm³/mol. The molecule has 0 fully saturated rings. The van der Waals surface area contributed by atoms with E-state index in [-0.39, 0.29) is 65.5 Å². The maximum Gasteiger partial charge on any atom is 1.00 e. The van der Waals surface area contributed by atoms with Crippen LogP contribution in [0.3, 0.4) is 0 Å². The van der Waals surface area contributed by atoms with Gasteiger partial charge in [-0.15, -0.1) is 0 Å². The minimum atomic E-state index is -5.32. The summed E-state index contributed by atoms with van der Waals surface area (Å²) in [5.74, 6) is 32.0. The number of carbonyl (C=O) groups excluding carboxylic acids is 2. The Hall–Kier alpha value is -2.03. The smallest absolute Gasteiger partial charge is 0.790 e. The van der Waals surface area contributed by atoms with Crippen LogP contribution in [0.5, 0.6) is 0 Å². The van der Waals surface area contributed by atoms with Gasteiger partial charge in [0.05, 0.1) is 14.4 Å². The molecule has 0 aromatic carbocycles. The first kappa shape index (κ1) is 46.4. The van der Waals surface area contributed by atoms with Gasteiger partial charge in [0.25, 0.3) is 0 Å². The summed E-state index contributed by atoms with van der Waals surface area (Å²) in [4.78, 5) is 45.6. The molecule has 0 aliphatic heterocycles. The third-order valence-corrected chi connectivity index (χ3v) is 5.54. The maximum atomic E-state index is 12.2. The first-order chi connectivity index (χ1) is 20.3. The molecule has 0 saturated carbocycles. The molecule has 0 rings (SSSR count). The van der Waals surface area contributed by atoms with Crippen molar-refractivity contribution in [2.45, 2.75) is 97.0 Å². The largest absolute Gasteiger partial charge is 1.00 e. The average Bonchev–Trinajstić information content (AvgIpc) is 2.95. The van der Waals surface area contributed by atoms with E-state index in [1.165, 1.54) is 44.9 Å². The fourth-order valence-corrected chi connectivity index (χ4v) is 3.48. The number of hydrogen-bond donors (Lipinski definition) is 0. The fourth-order valence-electron chi connectivity index (χ4n) is 3.13. The molecule has 0 amide bonds. The number of phosphoric acid groups is 1.